The van der Waals surface area contributed by atoms with Crippen molar-refractivity contribution in [1.82, 2.24) is 0 Å². The SMILES string of the molecule is NC1CCC(N)([C@@H]2C[C@@H]2c2ccc(OCc3ccccc3F)cc2)CC1. The smallest absolute Gasteiger partial charge is 0.129 e. The van der Waals surface area contributed by atoms with E-state index in [1.165, 1.54) is 18.1 Å². The summed E-state index contributed by atoms with van der Waals surface area (Å²) in [4.78, 5) is 0. The summed E-state index contributed by atoms with van der Waals surface area (Å²) >= 11 is 0. The van der Waals surface area contributed by atoms with E-state index < -0.39 is 0 Å². The van der Waals surface area contributed by atoms with E-state index in [0.29, 0.717) is 23.4 Å². The van der Waals surface area contributed by atoms with E-state index in [4.69, 9.17) is 16.2 Å². The van der Waals surface area contributed by atoms with Gasteiger partial charge in [-0.2, -0.15) is 0 Å². The van der Waals surface area contributed by atoms with Gasteiger partial charge in [0.1, 0.15) is 18.2 Å². The summed E-state index contributed by atoms with van der Waals surface area (Å²) in [6.07, 6.45) is 5.34. The van der Waals surface area contributed by atoms with Crippen LogP contribution in [0.15, 0.2) is 48.5 Å². The number of ether oxygens (including phenoxy) is 1. The van der Waals surface area contributed by atoms with Gasteiger partial charge in [0.2, 0.25) is 0 Å². The molecule has 0 unspecified atom stereocenters. The van der Waals surface area contributed by atoms with Gasteiger partial charge in [-0.15, -0.1) is 0 Å². The lowest BCUT2D eigenvalue weighted by atomic mass is 9.76. The van der Waals surface area contributed by atoms with Gasteiger partial charge in [-0.05, 0) is 67.7 Å². The average molecular weight is 354 g/mol. The van der Waals surface area contributed by atoms with E-state index in [-0.39, 0.29) is 18.0 Å². The van der Waals surface area contributed by atoms with Crippen LogP contribution in [-0.2, 0) is 6.61 Å². The van der Waals surface area contributed by atoms with Crippen LogP contribution in [0.5, 0.6) is 5.75 Å². The van der Waals surface area contributed by atoms with Gasteiger partial charge in [-0.25, -0.2) is 4.39 Å². The van der Waals surface area contributed by atoms with Crippen molar-refractivity contribution in [2.75, 3.05) is 0 Å². The van der Waals surface area contributed by atoms with Crippen LogP contribution in [0.4, 0.5) is 4.39 Å². The van der Waals surface area contributed by atoms with Gasteiger partial charge in [-0.1, -0.05) is 30.3 Å². The highest BCUT2D eigenvalue weighted by molar-refractivity contribution is 5.34. The zero-order valence-electron chi connectivity index (χ0n) is 15.0. The summed E-state index contributed by atoms with van der Waals surface area (Å²) in [5, 5.41) is 0. The Hall–Kier alpha value is -1.91. The molecule has 3 nitrogen and oxygen atoms in total. The molecule has 0 saturated heterocycles. The fourth-order valence-corrected chi connectivity index (χ4v) is 4.33. The zero-order valence-corrected chi connectivity index (χ0v) is 15.0. The van der Waals surface area contributed by atoms with Crippen molar-refractivity contribution < 1.29 is 9.13 Å². The predicted molar refractivity (Wildman–Crippen MR) is 101 cm³/mol. The van der Waals surface area contributed by atoms with Crippen LogP contribution in [0.2, 0.25) is 0 Å². The average Bonchev–Trinajstić information content (AvgIpc) is 3.46. The molecule has 4 N–H and O–H groups in total. The molecule has 0 radical (unpaired) electrons. The minimum Gasteiger partial charge on any atom is -0.489 e. The molecule has 2 aromatic rings. The van der Waals surface area contributed by atoms with E-state index >= 15 is 0 Å². The summed E-state index contributed by atoms with van der Waals surface area (Å²) < 4.78 is 19.4. The Labute approximate surface area is 154 Å². The van der Waals surface area contributed by atoms with Gasteiger partial charge < -0.3 is 16.2 Å². The molecule has 0 spiro atoms. The summed E-state index contributed by atoms with van der Waals surface area (Å²) in [5.74, 6) is 1.65. The molecule has 4 rings (SSSR count). The number of halogens is 1. The van der Waals surface area contributed by atoms with E-state index in [1.807, 2.05) is 18.2 Å². The van der Waals surface area contributed by atoms with Gasteiger partial charge in [0, 0.05) is 17.1 Å². The van der Waals surface area contributed by atoms with Crippen LogP contribution in [0, 0.1) is 11.7 Å². The van der Waals surface area contributed by atoms with Crippen LogP contribution >= 0.6 is 0 Å². The maximum Gasteiger partial charge on any atom is 0.129 e. The molecule has 0 aliphatic heterocycles. The van der Waals surface area contributed by atoms with Gasteiger partial charge in [0.05, 0.1) is 0 Å². The molecular formula is C22H27FN2O. The van der Waals surface area contributed by atoms with E-state index in [1.54, 1.807) is 12.1 Å². The Morgan fingerprint density at radius 3 is 2.42 bits per heavy atom. The van der Waals surface area contributed by atoms with Crippen molar-refractivity contribution in [3.63, 3.8) is 0 Å². The fourth-order valence-electron chi connectivity index (χ4n) is 4.33. The minimum absolute atomic E-state index is 0.0411. The van der Waals surface area contributed by atoms with Crippen LogP contribution in [0.3, 0.4) is 0 Å². The molecule has 2 aliphatic carbocycles. The number of hydrogen-bond donors (Lipinski definition) is 2. The zero-order chi connectivity index (χ0) is 18.1. The van der Waals surface area contributed by atoms with Gasteiger partial charge in [0.25, 0.3) is 0 Å². The normalized spacial score (nSPS) is 30.8. The molecule has 0 bridgehead atoms. The Morgan fingerprint density at radius 2 is 1.73 bits per heavy atom. The van der Waals surface area contributed by atoms with Gasteiger partial charge in [0.15, 0.2) is 0 Å². The lowest BCUT2D eigenvalue weighted by molar-refractivity contribution is 0.239. The second-order valence-electron chi connectivity index (χ2n) is 7.97. The van der Waals surface area contributed by atoms with Crippen molar-refractivity contribution in [3.05, 3.63) is 65.5 Å². The molecule has 26 heavy (non-hydrogen) atoms. The second kappa shape index (κ2) is 7.01. The minimum atomic E-state index is -0.231. The molecule has 2 fully saturated rings. The summed E-state index contributed by atoms with van der Waals surface area (Å²) in [5.41, 5.74) is 14.6. The Bertz CT molecular complexity index is 753. The molecular weight excluding hydrogens is 327 g/mol. The van der Waals surface area contributed by atoms with Crippen molar-refractivity contribution >= 4 is 0 Å². The first kappa shape index (κ1) is 17.5. The van der Waals surface area contributed by atoms with E-state index in [9.17, 15) is 4.39 Å². The second-order valence-corrected chi connectivity index (χ2v) is 7.97. The summed E-state index contributed by atoms with van der Waals surface area (Å²) in [6, 6.07) is 15.2. The maximum absolute atomic E-state index is 13.7. The number of hydrogen-bond acceptors (Lipinski definition) is 3. The van der Waals surface area contributed by atoms with Gasteiger partial charge >= 0.3 is 0 Å². The highest BCUT2D eigenvalue weighted by atomic mass is 19.1. The predicted octanol–water partition coefficient (Wildman–Crippen LogP) is 4.11. The van der Waals surface area contributed by atoms with Crippen LogP contribution in [-0.4, -0.2) is 11.6 Å². The molecule has 0 amide bonds. The largest absolute Gasteiger partial charge is 0.489 e. The molecule has 2 atom stereocenters. The summed E-state index contributed by atoms with van der Waals surface area (Å²) in [7, 11) is 0. The fraction of sp³-hybridized carbons (Fsp3) is 0.455. The highest BCUT2D eigenvalue weighted by Crippen LogP contribution is 2.56. The third-order valence-corrected chi connectivity index (χ3v) is 6.15. The van der Waals surface area contributed by atoms with Crippen molar-refractivity contribution in [1.29, 1.82) is 0 Å². The first-order valence-electron chi connectivity index (χ1n) is 9.56. The third kappa shape index (κ3) is 3.62. The van der Waals surface area contributed by atoms with Crippen molar-refractivity contribution in [2.24, 2.45) is 17.4 Å². The number of rotatable bonds is 5. The topological polar surface area (TPSA) is 61.3 Å². The first-order chi connectivity index (χ1) is 12.5. The van der Waals surface area contributed by atoms with E-state index in [2.05, 4.69) is 12.1 Å². The van der Waals surface area contributed by atoms with E-state index in [0.717, 1.165) is 31.4 Å². The summed E-state index contributed by atoms with van der Waals surface area (Å²) in [6.45, 7) is 0.240. The third-order valence-electron chi connectivity index (χ3n) is 6.15. The van der Waals surface area contributed by atoms with Crippen molar-refractivity contribution in [3.8, 4) is 5.75 Å². The van der Waals surface area contributed by atoms with Crippen molar-refractivity contribution in [2.45, 2.75) is 56.2 Å². The highest BCUT2D eigenvalue weighted by Gasteiger charge is 2.51. The molecule has 0 aromatic heterocycles. The Morgan fingerprint density at radius 1 is 1.04 bits per heavy atom. The standard InChI is InChI=1S/C22H27FN2O/c23-21-4-2-1-3-16(21)14-26-18-7-5-15(6-8-18)19-13-20(19)22(25)11-9-17(24)10-12-22/h1-8,17,19-20H,9-14,24-25H2/t17?,19-,20-,22?/m1/s1. The molecule has 2 saturated carbocycles. The van der Waals surface area contributed by atoms with Crippen LogP contribution in [0.1, 0.15) is 49.1 Å². The van der Waals surface area contributed by atoms with Crippen LogP contribution < -0.4 is 16.2 Å². The molecule has 2 aromatic carbocycles. The molecule has 138 valence electrons. The first-order valence-corrected chi connectivity index (χ1v) is 9.56. The monoisotopic (exact) mass is 354 g/mol. The van der Waals surface area contributed by atoms with Gasteiger partial charge in [-0.3, -0.25) is 0 Å². The molecule has 4 heteroatoms. The lowest BCUT2D eigenvalue weighted by Gasteiger charge is -2.36. The van der Waals surface area contributed by atoms with Crippen LogP contribution in [0.25, 0.3) is 0 Å². The maximum atomic E-state index is 13.7. The lowest BCUT2D eigenvalue weighted by Crippen LogP contribution is -2.48. The number of benzene rings is 2. The quantitative estimate of drug-likeness (QED) is 0.849. The number of nitrogens with two attached hydrogens (primary N) is 2. The molecule has 2 aliphatic rings. The molecule has 0 heterocycles. The Kier molecular flexibility index (Phi) is 4.72. The Balaban J connectivity index is 1.35.